The van der Waals surface area contributed by atoms with Crippen molar-refractivity contribution in [1.29, 1.82) is 0 Å². The Hall–Kier alpha value is -1.24. The van der Waals surface area contributed by atoms with E-state index in [4.69, 9.17) is 9.15 Å². The normalized spacial score (nSPS) is 20.6. The minimum Gasteiger partial charge on any atom is -0.443 e. The molecule has 1 aliphatic rings. The van der Waals surface area contributed by atoms with Crippen molar-refractivity contribution in [2.24, 2.45) is 0 Å². The number of oxazole rings is 1. The summed E-state index contributed by atoms with van der Waals surface area (Å²) in [6, 6.07) is 0.177. The van der Waals surface area contributed by atoms with Crippen LogP contribution in [0.4, 0.5) is 0 Å². The Balaban J connectivity index is 1.54. The highest BCUT2D eigenvalue weighted by Gasteiger charge is 2.30. The van der Waals surface area contributed by atoms with Gasteiger partial charge in [-0.15, -0.1) is 11.3 Å². The number of rotatable bonds is 5. The fourth-order valence-electron chi connectivity index (χ4n) is 2.90. The van der Waals surface area contributed by atoms with Gasteiger partial charge in [-0.05, 0) is 20.3 Å². The predicted octanol–water partition coefficient (Wildman–Crippen LogP) is 4.09. The fraction of sp³-hybridized carbons (Fsp3) is 0.667. The number of hydrogen-bond donors (Lipinski definition) is 0. The van der Waals surface area contributed by atoms with E-state index in [1.807, 2.05) is 13.1 Å². The largest absolute Gasteiger partial charge is 0.443 e. The Morgan fingerprint density at radius 2 is 2.25 bits per heavy atom. The van der Waals surface area contributed by atoms with Crippen molar-refractivity contribution >= 4 is 11.3 Å². The van der Waals surface area contributed by atoms with Crippen LogP contribution in [0.1, 0.15) is 62.5 Å². The third-order valence-electron chi connectivity index (χ3n) is 4.48. The van der Waals surface area contributed by atoms with Crippen molar-refractivity contribution in [1.82, 2.24) is 14.9 Å². The van der Waals surface area contributed by atoms with E-state index in [-0.39, 0.29) is 17.6 Å². The van der Waals surface area contributed by atoms with Crippen LogP contribution in [0, 0.1) is 6.92 Å². The highest BCUT2D eigenvalue weighted by molar-refractivity contribution is 7.09. The molecule has 2 aromatic rings. The van der Waals surface area contributed by atoms with E-state index in [2.05, 4.69) is 47.9 Å². The van der Waals surface area contributed by atoms with Gasteiger partial charge in [0.2, 0.25) is 5.89 Å². The van der Waals surface area contributed by atoms with Crippen molar-refractivity contribution < 1.29 is 9.15 Å². The third-order valence-corrected chi connectivity index (χ3v) is 5.30. The molecule has 0 aliphatic carbocycles. The molecule has 3 heterocycles. The Morgan fingerprint density at radius 1 is 1.46 bits per heavy atom. The summed E-state index contributed by atoms with van der Waals surface area (Å²) in [5.41, 5.74) is 1.03. The Morgan fingerprint density at radius 3 is 2.88 bits per heavy atom. The molecule has 24 heavy (non-hydrogen) atoms. The SMILES string of the molecule is Cc1nc(CO[C@@H]2CCN([C@H](C)c3ncc(C(C)(C)C)o3)C2)cs1. The van der Waals surface area contributed by atoms with Crippen molar-refractivity contribution in [2.45, 2.75) is 65.2 Å². The van der Waals surface area contributed by atoms with Gasteiger partial charge in [0.25, 0.3) is 0 Å². The monoisotopic (exact) mass is 349 g/mol. The van der Waals surface area contributed by atoms with Gasteiger partial charge in [0.1, 0.15) is 5.76 Å². The molecule has 132 valence electrons. The average molecular weight is 350 g/mol. The molecule has 0 bridgehead atoms. The van der Waals surface area contributed by atoms with E-state index < -0.39 is 0 Å². The molecule has 0 unspecified atom stereocenters. The summed E-state index contributed by atoms with van der Waals surface area (Å²) in [5, 5.41) is 3.17. The summed E-state index contributed by atoms with van der Waals surface area (Å²) in [6.07, 6.45) is 3.16. The smallest absolute Gasteiger partial charge is 0.211 e. The van der Waals surface area contributed by atoms with Crippen LogP contribution in [0.2, 0.25) is 0 Å². The van der Waals surface area contributed by atoms with Gasteiger partial charge in [-0.25, -0.2) is 9.97 Å². The third kappa shape index (κ3) is 4.05. The molecule has 3 rings (SSSR count). The molecule has 1 saturated heterocycles. The Kier molecular flexibility index (Phi) is 5.08. The minimum atomic E-state index is -0.00666. The molecular formula is C18H27N3O2S. The number of hydrogen-bond acceptors (Lipinski definition) is 6. The summed E-state index contributed by atoms with van der Waals surface area (Å²) in [7, 11) is 0. The van der Waals surface area contributed by atoms with Crippen LogP contribution >= 0.6 is 11.3 Å². The van der Waals surface area contributed by atoms with Crippen LogP contribution in [0.5, 0.6) is 0 Å². The Bertz CT molecular complexity index is 674. The van der Waals surface area contributed by atoms with Gasteiger partial charge in [0.15, 0.2) is 0 Å². The van der Waals surface area contributed by atoms with Crippen LogP contribution in [-0.2, 0) is 16.8 Å². The number of aromatic nitrogens is 2. The zero-order valence-corrected chi connectivity index (χ0v) is 16.0. The van der Waals surface area contributed by atoms with E-state index in [1.54, 1.807) is 11.3 Å². The van der Waals surface area contributed by atoms with Crippen molar-refractivity contribution in [3.05, 3.63) is 33.9 Å². The van der Waals surface area contributed by atoms with Crippen LogP contribution in [0.3, 0.4) is 0 Å². The standard InChI is InChI=1S/C18H27N3O2S/c1-12(17-19-8-16(23-17)18(3,4)5)21-7-6-15(9-21)22-10-14-11-24-13(2)20-14/h8,11-12,15H,6-7,9-10H2,1-5H3/t12-,15-/m1/s1. The van der Waals surface area contributed by atoms with E-state index in [9.17, 15) is 0 Å². The maximum Gasteiger partial charge on any atom is 0.211 e. The molecule has 0 amide bonds. The quantitative estimate of drug-likeness (QED) is 0.814. The molecule has 0 radical (unpaired) electrons. The molecule has 0 saturated carbocycles. The van der Waals surface area contributed by atoms with Crippen molar-refractivity contribution in [2.75, 3.05) is 13.1 Å². The van der Waals surface area contributed by atoms with Gasteiger partial charge in [-0.2, -0.15) is 0 Å². The molecule has 0 spiro atoms. The summed E-state index contributed by atoms with van der Waals surface area (Å²) in [4.78, 5) is 11.3. The second kappa shape index (κ2) is 6.94. The summed E-state index contributed by atoms with van der Waals surface area (Å²) < 4.78 is 12.0. The lowest BCUT2D eigenvalue weighted by atomic mass is 9.94. The van der Waals surface area contributed by atoms with Crippen molar-refractivity contribution in [3.8, 4) is 0 Å². The first-order valence-electron chi connectivity index (χ1n) is 8.56. The second-order valence-corrected chi connectivity index (χ2v) is 8.63. The molecule has 0 N–H and O–H groups in total. The van der Waals surface area contributed by atoms with E-state index in [0.29, 0.717) is 6.61 Å². The second-order valence-electron chi connectivity index (χ2n) is 7.56. The summed E-state index contributed by atoms with van der Waals surface area (Å²) >= 11 is 1.67. The lowest BCUT2D eigenvalue weighted by molar-refractivity contribution is 0.0409. The molecule has 2 atom stereocenters. The number of ether oxygens (including phenoxy) is 1. The maximum atomic E-state index is 6.03. The van der Waals surface area contributed by atoms with Crippen LogP contribution in [-0.4, -0.2) is 34.1 Å². The summed E-state index contributed by atoms with van der Waals surface area (Å²) in [6.45, 7) is 13.1. The number of likely N-dealkylation sites (tertiary alicyclic amines) is 1. The lowest BCUT2D eigenvalue weighted by Crippen LogP contribution is -2.26. The van der Waals surface area contributed by atoms with Gasteiger partial charge in [-0.3, -0.25) is 4.90 Å². The highest BCUT2D eigenvalue weighted by Crippen LogP contribution is 2.29. The van der Waals surface area contributed by atoms with Gasteiger partial charge < -0.3 is 9.15 Å². The van der Waals surface area contributed by atoms with E-state index in [0.717, 1.165) is 41.9 Å². The lowest BCUT2D eigenvalue weighted by Gasteiger charge is -2.22. The molecule has 0 aromatic carbocycles. The van der Waals surface area contributed by atoms with Gasteiger partial charge >= 0.3 is 0 Å². The number of thiazole rings is 1. The summed E-state index contributed by atoms with van der Waals surface area (Å²) in [5.74, 6) is 1.74. The topological polar surface area (TPSA) is 51.4 Å². The first kappa shape index (κ1) is 17.6. The number of aryl methyl sites for hydroxylation is 1. The first-order chi connectivity index (χ1) is 11.3. The van der Waals surface area contributed by atoms with Crippen LogP contribution in [0.25, 0.3) is 0 Å². The van der Waals surface area contributed by atoms with Gasteiger partial charge in [-0.1, -0.05) is 20.8 Å². The van der Waals surface area contributed by atoms with E-state index >= 15 is 0 Å². The van der Waals surface area contributed by atoms with Crippen LogP contribution < -0.4 is 0 Å². The first-order valence-corrected chi connectivity index (χ1v) is 9.44. The molecule has 6 heteroatoms. The van der Waals surface area contributed by atoms with Crippen molar-refractivity contribution in [3.63, 3.8) is 0 Å². The zero-order chi connectivity index (χ0) is 17.3. The van der Waals surface area contributed by atoms with E-state index in [1.165, 1.54) is 0 Å². The minimum absolute atomic E-state index is 0.00666. The zero-order valence-electron chi connectivity index (χ0n) is 15.2. The highest BCUT2D eigenvalue weighted by atomic mass is 32.1. The maximum absolute atomic E-state index is 6.03. The molecule has 2 aromatic heterocycles. The average Bonchev–Trinajstić information content (AvgIpc) is 3.24. The van der Waals surface area contributed by atoms with Gasteiger partial charge in [0.05, 0.1) is 35.7 Å². The molecule has 5 nitrogen and oxygen atoms in total. The molecular weight excluding hydrogens is 322 g/mol. The fourth-order valence-corrected chi connectivity index (χ4v) is 3.50. The van der Waals surface area contributed by atoms with Crippen LogP contribution in [0.15, 0.2) is 16.0 Å². The Labute approximate surface area is 148 Å². The molecule has 1 aliphatic heterocycles. The predicted molar refractivity (Wildman–Crippen MR) is 95.2 cm³/mol. The molecule has 1 fully saturated rings. The van der Waals surface area contributed by atoms with Gasteiger partial charge in [0, 0.05) is 23.9 Å². The number of nitrogens with zero attached hydrogens (tertiary/aromatic N) is 3.